The van der Waals surface area contributed by atoms with Gasteiger partial charge in [-0.3, -0.25) is 10.1 Å². The topological polar surface area (TPSA) is 55.2 Å². The van der Waals surface area contributed by atoms with Crippen molar-refractivity contribution in [2.45, 2.75) is 49.2 Å². The number of hydrogen-bond donors (Lipinski definition) is 1. The summed E-state index contributed by atoms with van der Waals surface area (Å²) < 4.78 is 0. The van der Waals surface area contributed by atoms with Crippen LogP contribution in [0.2, 0.25) is 0 Å². The van der Waals surface area contributed by atoms with Crippen LogP contribution in [0.25, 0.3) is 0 Å². The molecule has 1 N–H and O–H groups in total. The fourth-order valence-corrected chi connectivity index (χ4v) is 3.78. The summed E-state index contributed by atoms with van der Waals surface area (Å²) in [5, 5.41) is 14.7. The van der Waals surface area contributed by atoms with Gasteiger partial charge in [-0.2, -0.15) is 0 Å². The van der Waals surface area contributed by atoms with Crippen molar-refractivity contribution < 1.29 is 4.92 Å². The van der Waals surface area contributed by atoms with Gasteiger partial charge in [0.15, 0.2) is 0 Å². The Bertz CT molecular complexity index is 445. The van der Waals surface area contributed by atoms with E-state index in [1.54, 1.807) is 23.9 Å². The molecule has 1 aromatic rings. The number of nitro benzene ring substituents is 1. The number of anilines is 1. The number of non-ortho nitro benzene ring substituents is 1. The zero-order valence-electron chi connectivity index (χ0n) is 11.2. The maximum absolute atomic E-state index is 11.0. The van der Waals surface area contributed by atoms with E-state index >= 15 is 0 Å². The number of hydrogen-bond acceptors (Lipinski definition) is 4. The number of benzene rings is 1. The molecule has 0 bridgehead atoms. The SMILES string of the molecule is CCNc1cc(SC2CCCCC2)cc([N+](=O)[O-])c1. The minimum absolute atomic E-state index is 0.178. The fourth-order valence-electron chi connectivity index (χ4n) is 2.44. The molecule has 0 heterocycles. The summed E-state index contributed by atoms with van der Waals surface area (Å²) in [6, 6.07) is 5.32. The predicted molar refractivity (Wildman–Crippen MR) is 80.0 cm³/mol. The van der Waals surface area contributed by atoms with Gasteiger partial charge in [0, 0.05) is 34.5 Å². The second-order valence-electron chi connectivity index (χ2n) is 4.88. The average Bonchev–Trinajstić information content (AvgIpc) is 2.40. The van der Waals surface area contributed by atoms with E-state index in [-0.39, 0.29) is 10.6 Å². The summed E-state index contributed by atoms with van der Waals surface area (Å²) in [6.45, 7) is 2.77. The smallest absolute Gasteiger partial charge is 0.272 e. The van der Waals surface area contributed by atoms with Crippen LogP contribution in [0, 0.1) is 10.1 Å². The van der Waals surface area contributed by atoms with E-state index in [1.165, 1.54) is 32.1 Å². The summed E-state index contributed by atoms with van der Waals surface area (Å²) in [5.41, 5.74) is 1.02. The van der Waals surface area contributed by atoms with E-state index in [2.05, 4.69) is 5.32 Å². The Hall–Kier alpha value is -1.23. The highest BCUT2D eigenvalue weighted by Gasteiger charge is 2.17. The number of thioether (sulfide) groups is 1. The zero-order valence-corrected chi connectivity index (χ0v) is 12.0. The maximum Gasteiger partial charge on any atom is 0.272 e. The molecule has 0 radical (unpaired) electrons. The first-order valence-electron chi connectivity index (χ1n) is 6.89. The molecule has 1 aliphatic rings. The van der Waals surface area contributed by atoms with Crippen LogP contribution in [0.3, 0.4) is 0 Å². The van der Waals surface area contributed by atoms with E-state index in [4.69, 9.17) is 0 Å². The van der Waals surface area contributed by atoms with E-state index in [9.17, 15) is 10.1 Å². The largest absolute Gasteiger partial charge is 0.385 e. The highest BCUT2D eigenvalue weighted by atomic mass is 32.2. The molecule has 5 heteroatoms. The molecule has 104 valence electrons. The molecule has 0 saturated heterocycles. The van der Waals surface area contributed by atoms with Gasteiger partial charge in [0.05, 0.1) is 4.92 Å². The lowest BCUT2D eigenvalue weighted by Gasteiger charge is -2.21. The lowest BCUT2D eigenvalue weighted by molar-refractivity contribution is -0.385. The van der Waals surface area contributed by atoms with Crippen LogP contribution < -0.4 is 5.32 Å². The maximum atomic E-state index is 11.0. The van der Waals surface area contributed by atoms with Crippen molar-refractivity contribution >= 4 is 23.1 Å². The normalized spacial score (nSPS) is 16.3. The van der Waals surface area contributed by atoms with Crippen molar-refractivity contribution in [2.24, 2.45) is 0 Å². The predicted octanol–water partition coefficient (Wildman–Crippen LogP) is 4.45. The molecular formula is C14H20N2O2S. The number of nitrogens with one attached hydrogen (secondary N) is 1. The molecule has 1 fully saturated rings. The minimum atomic E-state index is -0.314. The lowest BCUT2D eigenvalue weighted by Crippen LogP contribution is -2.08. The van der Waals surface area contributed by atoms with Crippen molar-refractivity contribution in [1.82, 2.24) is 0 Å². The van der Waals surface area contributed by atoms with Crippen molar-refractivity contribution in [3.8, 4) is 0 Å². The Labute approximate surface area is 118 Å². The molecule has 2 rings (SSSR count). The lowest BCUT2D eigenvalue weighted by atomic mass is 10.0. The van der Waals surface area contributed by atoms with Gasteiger partial charge in [-0.25, -0.2) is 0 Å². The molecule has 0 aliphatic heterocycles. The summed E-state index contributed by atoms with van der Waals surface area (Å²) in [4.78, 5) is 11.7. The van der Waals surface area contributed by atoms with Crippen LogP contribution in [0.4, 0.5) is 11.4 Å². The second-order valence-corrected chi connectivity index (χ2v) is 6.25. The van der Waals surface area contributed by atoms with Crippen LogP contribution in [-0.2, 0) is 0 Å². The standard InChI is InChI=1S/C14H20N2O2S/c1-2-15-11-8-12(16(17)18)10-14(9-11)19-13-6-4-3-5-7-13/h8-10,13,15H,2-7H2,1H3. The molecule has 0 spiro atoms. The first kappa shape index (κ1) is 14.2. The van der Waals surface area contributed by atoms with Gasteiger partial charge in [0.25, 0.3) is 5.69 Å². The molecule has 19 heavy (non-hydrogen) atoms. The van der Waals surface area contributed by atoms with Crippen molar-refractivity contribution in [3.63, 3.8) is 0 Å². The first-order chi connectivity index (χ1) is 9.19. The average molecular weight is 280 g/mol. The van der Waals surface area contributed by atoms with Gasteiger partial charge in [0.1, 0.15) is 0 Å². The number of nitro groups is 1. The minimum Gasteiger partial charge on any atom is -0.385 e. The quantitative estimate of drug-likeness (QED) is 0.639. The Morgan fingerprint density at radius 3 is 2.68 bits per heavy atom. The summed E-state index contributed by atoms with van der Waals surface area (Å²) >= 11 is 1.79. The molecule has 0 atom stereocenters. The van der Waals surface area contributed by atoms with Crippen LogP contribution >= 0.6 is 11.8 Å². The third-order valence-corrected chi connectivity index (χ3v) is 4.65. The van der Waals surface area contributed by atoms with Crippen molar-refractivity contribution in [1.29, 1.82) is 0 Å². The Kier molecular flexibility index (Phi) is 5.07. The van der Waals surface area contributed by atoms with Crippen LogP contribution in [-0.4, -0.2) is 16.7 Å². The number of rotatable bonds is 5. The second kappa shape index (κ2) is 6.80. The first-order valence-corrected chi connectivity index (χ1v) is 7.77. The Morgan fingerprint density at radius 1 is 1.32 bits per heavy atom. The van der Waals surface area contributed by atoms with E-state index in [0.717, 1.165) is 17.1 Å². The summed E-state index contributed by atoms with van der Waals surface area (Å²) in [6.07, 6.45) is 6.35. The van der Waals surface area contributed by atoms with E-state index < -0.39 is 0 Å². The molecule has 1 aromatic carbocycles. The molecule has 1 aliphatic carbocycles. The third kappa shape index (κ3) is 4.13. The van der Waals surface area contributed by atoms with Crippen LogP contribution in [0.5, 0.6) is 0 Å². The third-order valence-electron chi connectivity index (χ3n) is 3.34. The van der Waals surface area contributed by atoms with Gasteiger partial charge in [0.2, 0.25) is 0 Å². The molecular weight excluding hydrogens is 260 g/mol. The van der Waals surface area contributed by atoms with E-state index in [1.807, 2.05) is 13.0 Å². The molecule has 0 amide bonds. The van der Waals surface area contributed by atoms with Gasteiger partial charge >= 0.3 is 0 Å². The Balaban J connectivity index is 2.15. The van der Waals surface area contributed by atoms with Crippen molar-refractivity contribution in [3.05, 3.63) is 28.3 Å². The van der Waals surface area contributed by atoms with Gasteiger partial charge in [-0.1, -0.05) is 19.3 Å². The Morgan fingerprint density at radius 2 is 2.05 bits per heavy atom. The summed E-state index contributed by atoms with van der Waals surface area (Å²) in [7, 11) is 0. The fraction of sp³-hybridized carbons (Fsp3) is 0.571. The molecule has 0 unspecified atom stereocenters. The van der Waals surface area contributed by atoms with Crippen molar-refractivity contribution in [2.75, 3.05) is 11.9 Å². The zero-order chi connectivity index (χ0) is 13.7. The molecule has 4 nitrogen and oxygen atoms in total. The molecule has 0 aromatic heterocycles. The highest BCUT2D eigenvalue weighted by molar-refractivity contribution is 8.00. The molecule has 1 saturated carbocycles. The van der Waals surface area contributed by atoms with E-state index in [0.29, 0.717) is 5.25 Å². The van der Waals surface area contributed by atoms with Gasteiger partial charge in [-0.05, 0) is 25.8 Å². The van der Waals surface area contributed by atoms with Crippen LogP contribution in [0.15, 0.2) is 23.1 Å². The highest BCUT2D eigenvalue weighted by Crippen LogP contribution is 2.36. The number of nitrogens with zero attached hydrogens (tertiary/aromatic N) is 1. The monoisotopic (exact) mass is 280 g/mol. The summed E-state index contributed by atoms with van der Waals surface area (Å²) in [5.74, 6) is 0. The van der Waals surface area contributed by atoms with Gasteiger partial charge in [-0.15, -0.1) is 11.8 Å². The van der Waals surface area contributed by atoms with Gasteiger partial charge < -0.3 is 5.32 Å². The van der Waals surface area contributed by atoms with Crippen LogP contribution in [0.1, 0.15) is 39.0 Å².